The van der Waals surface area contributed by atoms with Gasteiger partial charge in [-0.15, -0.1) is 0 Å². The number of nitrogens with one attached hydrogen (secondary N) is 2. The number of amides is 2. The van der Waals surface area contributed by atoms with Crippen LogP contribution in [0.1, 0.15) is 73.2 Å². The van der Waals surface area contributed by atoms with Crippen LogP contribution >= 0.6 is 0 Å². The molecule has 2 bridgehead atoms. The molecular weight excluding hydrogens is 606 g/mol. The third-order valence-corrected chi connectivity index (χ3v) is 9.25. The van der Waals surface area contributed by atoms with Crippen LogP contribution in [0.4, 0.5) is 4.79 Å². The van der Waals surface area contributed by atoms with Gasteiger partial charge < -0.3 is 45.1 Å². The second-order valence-electron chi connectivity index (χ2n) is 13.3. The third-order valence-electron chi connectivity index (χ3n) is 9.25. The van der Waals surface area contributed by atoms with Crippen LogP contribution in [0.15, 0.2) is 11.8 Å². The maximum atomic E-state index is 13.3. The van der Waals surface area contributed by atoms with Crippen LogP contribution in [0.3, 0.4) is 0 Å². The zero-order chi connectivity index (χ0) is 34.7. The molecule has 3 aliphatic heterocycles. The van der Waals surface area contributed by atoms with E-state index in [1.54, 1.807) is 33.8 Å². The normalized spacial score (nSPS) is 22.0. The molecule has 252 valence electrons. The van der Waals surface area contributed by atoms with Gasteiger partial charge in [0, 0.05) is 40.5 Å². The van der Waals surface area contributed by atoms with Gasteiger partial charge in [-0.05, 0) is 72.2 Å². The van der Waals surface area contributed by atoms with Gasteiger partial charge >= 0.3 is 6.09 Å². The maximum Gasteiger partial charge on any atom is 0.408 e. The molecular formula is C34H43N5O8. The Kier molecular flexibility index (Phi) is 8.62. The number of likely N-dealkylation sites (N-methyl/N-ethyl adjacent to an activating group) is 1. The highest BCUT2D eigenvalue weighted by Crippen LogP contribution is 2.58. The van der Waals surface area contributed by atoms with Crippen molar-refractivity contribution >= 4 is 18.1 Å². The minimum atomic E-state index is -0.976. The summed E-state index contributed by atoms with van der Waals surface area (Å²) < 4.78 is 16.3. The lowest BCUT2D eigenvalue weighted by atomic mass is 9.75. The Labute approximate surface area is 274 Å². The first-order valence-corrected chi connectivity index (χ1v) is 15.5. The SMILES string of the molecule is COc1c(C)cc2c(c1O)[C@@H]1C3=Cc4c(O)c(C)c(OC)c(O)c4[C@H](CNC(=O)C(C)NC(=O)OC(C)(C)C)N3[C@@H](C#N)[C@H](C2)N1C. The highest BCUT2D eigenvalue weighted by molar-refractivity contribution is 5.85. The molecule has 1 fully saturated rings. The lowest BCUT2D eigenvalue weighted by Gasteiger charge is -2.57. The Morgan fingerprint density at radius 1 is 1.09 bits per heavy atom. The Morgan fingerprint density at radius 2 is 1.72 bits per heavy atom. The fourth-order valence-electron chi connectivity index (χ4n) is 7.20. The van der Waals surface area contributed by atoms with Crippen LogP contribution in [-0.4, -0.2) is 88.7 Å². The lowest BCUT2D eigenvalue weighted by molar-refractivity contribution is -0.123. The molecule has 5 atom stereocenters. The first-order chi connectivity index (χ1) is 22.1. The number of nitriles is 1. The first kappa shape index (κ1) is 33.5. The van der Waals surface area contributed by atoms with Crippen LogP contribution in [0.2, 0.25) is 0 Å². The number of phenols is 3. The Balaban J connectivity index is 1.64. The molecule has 3 heterocycles. The van der Waals surface area contributed by atoms with Crippen molar-refractivity contribution < 1.29 is 39.1 Å². The molecule has 1 saturated heterocycles. The van der Waals surface area contributed by atoms with E-state index in [1.165, 1.54) is 21.1 Å². The molecule has 3 aliphatic rings. The molecule has 0 saturated carbocycles. The van der Waals surface area contributed by atoms with E-state index >= 15 is 0 Å². The summed E-state index contributed by atoms with van der Waals surface area (Å²) in [5, 5.41) is 50.7. The largest absolute Gasteiger partial charge is 0.507 e. The smallest absolute Gasteiger partial charge is 0.408 e. The summed E-state index contributed by atoms with van der Waals surface area (Å²) in [6, 6.07) is 0.932. The van der Waals surface area contributed by atoms with Crippen LogP contribution in [0.5, 0.6) is 28.7 Å². The van der Waals surface area contributed by atoms with Crippen molar-refractivity contribution in [1.82, 2.24) is 20.4 Å². The molecule has 2 aromatic carbocycles. The number of rotatable bonds is 6. The van der Waals surface area contributed by atoms with Crippen LogP contribution < -0.4 is 20.1 Å². The van der Waals surface area contributed by atoms with Crippen molar-refractivity contribution in [2.45, 2.75) is 83.8 Å². The maximum absolute atomic E-state index is 13.3. The number of methoxy groups -OCH3 is 2. The van der Waals surface area contributed by atoms with E-state index in [2.05, 4.69) is 16.7 Å². The predicted octanol–water partition coefficient (Wildman–Crippen LogP) is 3.67. The molecule has 0 aromatic heterocycles. The molecule has 2 aromatic rings. The fourth-order valence-corrected chi connectivity index (χ4v) is 7.20. The molecule has 1 unspecified atom stereocenters. The zero-order valence-electron chi connectivity index (χ0n) is 28.2. The molecule has 5 N–H and O–H groups in total. The molecule has 13 nitrogen and oxygen atoms in total. The van der Waals surface area contributed by atoms with Gasteiger partial charge in [-0.1, -0.05) is 6.07 Å². The lowest BCUT2D eigenvalue weighted by Crippen LogP contribution is -2.62. The molecule has 0 spiro atoms. The standard InChI is InChI=1S/C34H43N5O8/c1-15-10-18-11-20-22(13-35)39-21(26(38(20)7)24(18)28(41)30(15)45-8)12-19-25(29(42)31(46-9)16(2)27(19)40)23(39)14-36-32(43)17(3)37-33(44)47-34(4,5)6/h10,12,17,20,22-23,26,40-42H,11,14H2,1-9H3,(H,36,43)(H,37,44)/t17?,20-,22-,23-,26-/m0/s1. The first-order valence-electron chi connectivity index (χ1n) is 15.5. The van der Waals surface area contributed by atoms with Gasteiger partial charge in [-0.3, -0.25) is 9.69 Å². The molecule has 47 heavy (non-hydrogen) atoms. The summed E-state index contributed by atoms with van der Waals surface area (Å²) in [6.45, 7) is 10.0. The number of phenolic OH excluding ortho intramolecular Hbond substituents is 3. The minimum Gasteiger partial charge on any atom is -0.507 e. The van der Waals surface area contributed by atoms with E-state index in [0.29, 0.717) is 34.6 Å². The number of alkyl carbamates (subject to hydrolysis) is 1. The third kappa shape index (κ3) is 5.50. The molecule has 13 heteroatoms. The summed E-state index contributed by atoms with van der Waals surface area (Å²) >= 11 is 0. The van der Waals surface area contributed by atoms with E-state index < -0.39 is 41.8 Å². The summed E-state index contributed by atoms with van der Waals surface area (Å²) in [6.07, 6.45) is 1.42. The monoisotopic (exact) mass is 649 g/mol. The number of hydrogen-bond donors (Lipinski definition) is 5. The van der Waals surface area contributed by atoms with Gasteiger partial charge in [0.2, 0.25) is 5.91 Å². The fraction of sp³-hybridized carbons (Fsp3) is 0.500. The van der Waals surface area contributed by atoms with Crippen LogP contribution in [-0.2, 0) is 16.0 Å². The number of nitrogens with zero attached hydrogens (tertiary/aromatic N) is 3. The van der Waals surface area contributed by atoms with Crippen molar-refractivity contribution in [3.63, 3.8) is 0 Å². The molecule has 2 amide bonds. The number of aromatic hydroxyl groups is 3. The number of piperazine rings is 1. The topological polar surface area (TPSA) is 177 Å². The molecule has 0 aliphatic carbocycles. The number of hydrogen-bond acceptors (Lipinski definition) is 11. The van der Waals surface area contributed by atoms with Crippen molar-refractivity contribution in [3.8, 4) is 34.8 Å². The van der Waals surface area contributed by atoms with Gasteiger partial charge in [0.1, 0.15) is 23.4 Å². The second kappa shape index (κ2) is 12.1. The summed E-state index contributed by atoms with van der Waals surface area (Å²) in [5.74, 6) is -0.475. The van der Waals surface area contributed by atoms with Gasteiger partial charge in [-0.25, -0.2) is 4.79 Å². The molecule has 5 rings (SSSR count). The number of ether oxygens (including phenoxy) is 3. The number of carbonyl (C=O) groups excluding carboxylic acids is 2. The van der Waals surface area contributed by atoms with E-state index in [9.17, 15) is 30.2 Å². The van der Waals surface area contributed by atoms with Crippen molar-refractivity contribution in [2.24, 2.45) is 0 Å². The van der Waals surface area contributed by atoms with E-state index in [-0.39, 0.29) is 41.1 Å². The van der Waals surface area contributed by atoms with Gasteiger partial charge in [0.25, 0.3) is 0 Å². The second-order valence-corrected chi connectivity index (χ2v) is 13.3. The van der Waals surface area contributed by atoms with Crippen molar-refractivity contribution in [3.05, 3.63) is 45.1 Å². The highest BCUT2D eigenvalue weighted by atomic mass is 16.6. The average Bonchev–Trinajstić information content (AvgIpc) is 2.98. The number of benzene rings is 2. The number of aryl methyl sites for hydroxylation is 1. The summed E-state index contributed by atoms with van der Waals surface area (Å²) in [5.41, 5.74) is 2.99. The van der Waals surface area contributed by atoms with E-state index in [0.717, 1.165) is 11.1 Å². The predicted molar refractivity (Wildman–Crippen MR) is 172 cm³/mol. The van der Waals surface area contributed by atoms with Crippen LogP contribution in [0.25, 0.3) is 6.08 Å². The van der Waals surface area contributed by atoms with E-state index in [1.807, 2.05) is 29.8 Å². The Bertz CT molecular complexity index is 1710. The average molecular weight is 650 g/mol. The quantitative estimate of drug-likeness (QED) is 0.289. The van der Waals surface area contributed by atoms with Crippen LogP contribution in [0, 0.1) is 25.2 Å². The van der Waals surface area contributed by atoms with Gasteiger partial charge in [0.15, 0.2) is 23.0 Å². The van der Waals surface area contributed by atoms with Crippen molar-refractivity contribution in [1.29, 1.82) is 5.26 Å². The zero-order valence-corrected chi connectivity index (χ0v) is 28.2. The molecule has 0 radical (unpaired) electrons. The Morgan fingerprint density at radius 3 is 2.32 bits per heavy atom. The van der Waals surface area contributed by atoms with Gasteiger partial charge in [-0.2, -0.15) is 5.26 Å². The Hall–Kier alpha value is -4.83. The highest BCUT2D eigenvalue weighted by Gasteiger charge is 2.53. The summed E-state index contributed by atoms with van der Waals surface area (Å²) in [4.78, 5) is 29.6. The minimum absolute atomic E-state index is 0.00951. The van der Waals surface area contributed by atoms with E-state index in [4.69, 9.17) is 14.2 Å². The summed E-state index contributed by atoms with van der Waals surface area (Å²) in [7, 11) is 4.76. The number of carbonyl (C=O) groups is 2. The van der Waals surface area contributed by atoms with Crippen molar-refractivity contribution in [2.75, 3.05) is 27.8 Å². The van der Waals surface area contributed by atoms with Gasteiger partial charge in [0.05, 0.1) is 32.4 Å². The number of fused-ring (bicyclic) bond motifs is 7.